The fourth-order valence-electron chi connectivity index (χ4n) is 2.69. The molecule has 0 fully saturated rings. The first-order valence-corrected chi connectivity index (χ1v) is 9.46. The predicted molar refractivity (Wildman–Crippen MR) is 92.4 cm³/mol. The van der Waals surface area contributed by atoms with Crippen LogP contribution >= 0.6 is 0 Å². The number of nitrogens with zero attached hydrogens (tertiary/aromatic N) is 3. The molecule has 3 aromatic rings. The van der Waals surface area contributed by atoms with Crippen molar-refractivity contribution in [3.63, 3.8) is 0 Å². The molecular weight excluding hydrogens is 377 g/mol. The number of hydrogen-bond acceptors (Lipinski definition) is 6. The van der Waals surface area contributed by atoms with Crippen molar-refractivity contribution in [2.24, 2.45) is 0 Å². The summed E-state index contributed by atoms with van der Waals surface area (Å²) < 4.78 is 48.3. The van der Waals surface area contributed by atoms with E-state index in [1.165, 1.54) is 29.0 Å². The first kappa shape index (κ1) is 17.2. The molecule has 4 rings (SSSR count). The van der Waals surface area contributed by atoms with E-state index in [0.717, 1.165) is 12.1 Å². The number of aromatic nitrogens is 3. The number of halogens is 1. The van der Waals surface area contributed by atoms with E-state index >= 15 is 0 Å². The van der Waals surface area contributed by atoms with Gasteiger partial charge >= 0.3 is 0 Å². The number of carbonyl (C=O) groups is 1. The van der Waals surface area contributed by atoms with E-state index in [1.807, 2.05) is 0 Å². The summed E-state index contributed by atoms with van der Waals surface area (Å²) in [6.07, 6.45) is 3.04. The largest absolute Gasteiger partial charge is 0.490 e. The average Bonchev–Trinajstić information content (AvgIpc) is 3.01. The number of amides is 1. The maximum Gasteiger partial charge on any atom is 0.266 e. The van der Waals surface area contributed by atoms with Gasteiger partial charge in [0.25, 0.3) is 10.0 Å². The molecule has 0 spiro atoms. The Balaban J connectivity index is 1.84. The molecular formula is C16H14FN5O4S. The summed E-state index contributed by atoms with van der Waals surface area (Å²) in [6.45, 7) is 0.174. The molecule has 1 aromatic carbocycles. The Morgan fingerprint density at radius 1 is 1.26 bits per heavy atom. The molecule has 27 heavy (non-hydrogen) atoms. The SMILES string of the molecule is O=C1Cc2cnn3ccc(nc23)NS(=O)(=O)c2cc(F)ccc2OCCN1. The monoisotopic (exact) mass is 391 g/mol. The van der Waals surface area contributed by atoms with E-state index < -0.39 is 15.8 Å². The number of hydrogen-bond donors (Lipinski definition) is 2. The number of nitrogens with one attached hydrogen (secondary N) is 2. The first-order valence-electron chi connectivity index (χ1n) is 7.97. The highest BCUT2D eigenvalue weighted by molar-refractivity contribution is 7.92. The van der Waals surface area contributed by atoms with E-state index in [0.29, 0.717) is 11.2 Å². The standard InChI is InChI=1S/C16H14FN5O4S/c17-11-1-2-12-13(8-11)27(24,25)21-14-3-5-22-16(20-14)10(9-19-22)7-15(23)18-4-6-26-12/h1-3,5,8-9H,4,6-7H2,(H,18,23)(H,20,21). The van der Waals surface area contributed by atoms with Crippen molar-refractivity contribution in [3.05, 3.63) is 48.0 Å². The molecule has 1 aliphatic rings. The van der Waals surface area contributed by atoms with Crippen molar-refractivity contribution in [2.45, 2.75) is 11.3 Å². The Morgan fingerprint density at radius 3 is 2.96 bits per heavy atom. The summed E-state index contributed by atoms with van der Waals surface area (Å²) in [5.74, 6) is -0.991. The molecule has 0 atom stereocenters. The second-order valence-electron chi connectivity index (χ2n) is 5.82. The van der Waals surface area contributed by atoms with Gasteiger partial charge in [-0.15, -0.1) is 0 Å². The molecule has 1 aliphatic heterocycles. The number of benzene rings is 1. The summed E-state index contributed by atoms with van der Waals surface area (Å²) in [5, 5.41) is 6.76. The highest BCUT2D eigenvalue weighted by Crippen LogP contribution is 2.27. The van der Waals surface area contributed by atoms with Crippen LogP contribution in [0.4, 0.5) is 10.2 Å². The third kappa shape index (κ3) is 3.40. The van der Waals surface area contributed by atoms with Crippen LogP contribution in [0.3, 0.4) is 0 Å². The van der Waals surface area contributed by atoms with Crippen LogP contribution in [0.25, 0.3) is 5.65 Å². The highest BCUT2D eigenvalue weighted by Gasteiger charge is 2.22. The number of ether oxygens (including phenoxy) is 1. The Morgan fingerprint density at radius 2 is 2.11 bits per heavy atom. The van der Waals surface area contributed by atoms with Crippen LogP contribution in [0.2, 0.25) is 0 Å². The second kappa shape index (κ2) is 6.50. The minimum Gasteiger partial charge on any atom is -0.490 e. The fraction of sp³-hybridized carbons (Fsp3) is 0.188. The van der Waals surface area contributed by atoms with Crippen molar-refractivity contribution in [1.82, 2.24) is 19.9 Å². The fourth-order valence-corrected chi connectivity index (χ4v) is 3.85. The van der Waals surface area contributed by atoms with Gasteiger partial charge in [-0.1, -0.05) is 0 Å². The average molecular weight is 391 g/mol. The maximum atomic E-state index is 13.7. The predicted octanol–water partition coefficient (Wildman–Crippen LogP) is 0.720. The Kier molecular flexibility index (Phi) is 4.15. The lowest BCUT2D eigenvalue weighted by atomic mass is 10.2. The molecule has 0 saturated heterocycles. The molecule has 3 heterocycles. The summed E-state index contributed by atoms with van der Waals surface area (Å²) >= 11 is 0. The number of anilines is 1. The van der Waals surface area contributed by atoms with Crippen molar-refractivity contribution in [2.75, 3.05) is 17.9 Å². The number of fused-ring (bicyclic) bond motifs is 2. The zero-order chi connectivity index (χ0) is 19.0. The topological polar surface area (TPSA) is 115 Å². The minimum atomic E-state index is -4.16. The van der Waals surface area contributed by atoms with Gasteiger partial charge in [-0.25, -0.2) is 22.3 Å². The summed E-state index contributed by atoms with van der Waals surface area (Å²) in [7, 11) is -4.16. The lowest BCUT2D eigenvalue weighted by molar-refractivity contribution is -0.120. The van der Waals surface area contributed by atoms with E-state index in [9.17, 15) is 17.6 Å². The van der Waals surface area contributed by atoms with Crippen LogP contribution in [-0.2, 0) is 21.2 Å². The van der Waals surface area contributed by atoms with Crippen LogP contribution in [0.5, 0.6) is 5.75 Å². The molecule has 9 nitrogen and oxygen atoms in total. The Bertz CT molecular complexity index is 1140. The third-order valence-corrected chi connectivity index (χ3v) is 5.29. The van der Waals surface area contributed by atoms with Crippen molar-refractivity contribution >= 4 is 27.4 Å². The van der Waals surface area contributed by atoms with E-state index in [1.54, 1.807) is 0 Å². The summed E-state index contributed by atoms with van der Waals surface area (Å²) in [6, 6.07) is 4.60. The van der Waals surface area contributed by atoms with Gasteiger partial charge in [0, 0.05) is 11.8 Å². The van der Waals surface area contributed by atoms with Crippen LogP contribution in [-0.4, -0.2) is 42.1 Å². The number of carbonyl (C=O) groups excluding carboxylic acids is 1. The quantitative estimate of drug-likeness (QED) is 0.584. The second-order valence-corrected chi connectivity index (χ2v) is 7.47. The normalized spacial score (nSPS) is 16.7. The first-order chi connectivity index (χ1) is 12.9. The van der Waals surface area contributed by atoms with Gasteiger partial charge in [-0.05, 0) is 24.3 Å². The van der Waals surface area contributed by atoms with Crippen LogP contribution in [0.15, 0.2) is 41.6 Å². The van der Waals surface area contributed by atoms with Crippen LogP contribution < -0.4 is 14.8 Å². The molecule has 2 N–H and O–H groups in total. The summed E-state index contributed by atoms with van der Waals surface area (Å²) in [4.78, 5) is 16.0. The van der Waals surface area contributed by atoms with Gasteiger partial charge in [0.1, 0.15) is 28.9 Å². The van der Waals surface area contributed by atoms with Gasteiger partial charge in [0.2, 0.25) is 5.91 Å². The van der Waals surface area contributed by atoms with E-state index in [2.05, 4.69) is 20.1 Å². The molecule has 2 bridgehead atoms. The summed E-state index contributed by atoms with van der Waals surface area (Å²) in [5.41, 5.74) is 0.885. The molecule has 1 amide bonds. The van der Waals surface area contributed by atoms with E-state index in [-0.39, 0.29) is 41.9 Å². The maximum absolute atomic E-state index is 13.7. The zero-order valence-corrected chi connectivity index (χ0v) is 14.7. The van der Waals surface area contributed by atoms with Gasteiger partial charge < -0.3 is 10.1 Å². The molecule has 0 aliphatic carbocycles. The van der Waals surface area contributed by atoms with Crippen molar-refractivity contribution in [1.29, 1.82) is 0 Å². The lowest BCUT2D eigenvalue weighted by Gasteiger charge is -2.14. The Hall–Kier alpha value is -3.21. The van der Waals surface area contributed by atoms with Gasteiger partial charge in [0.15, 0.2) is 5.65 Å². The third-order valence-electron chi connectivity index (χ3n) is 3.91. The minimum absolute atomic E-state index is 0.0110. The molecule has 0 saturated carbocycles. The van der Waals surface area contributed by atoms with Crippen LogP contribution in [0.1, 0.15) is 5.56 Å². The molecule has 11 heteroatoms. The van der Waals surface area contributed by atoms with Crippen molar-refractivity contribution in [3.8, 4) is 5.75 Å². The Labute approximate surface area is 153 Å². The number of sulfonamides is 1. The lowest BCUT2D eigenvalue weighted by Crippen LogP contribution is -2.29. The van der Waals surface area contributed by atoms with Gasteiger partial charge in [-0.3, -0.25) is 9.52 Å². The molecule has 2 aromatic heterocycles. The molecule has 140 valence electrons. The van der Waals surface area contributed by atoms with Gasteiger partial charge in [-0.2, -0.15) is 5.10 Å². The zero-order valence-electron chi connectivity index (χ0n) is 13.8. The molecule has 0 unspecified atom stereocenters. The molecule has 0 radical (unpaired) electrons. The smallest absolute Gasteiger partial charge is 0.266 e. The number of rotatable bonds is 0. The van der Waals surface area contributed by atoms with E-state index in [4.69, 9.17) is 4.74 Å². The van der Waals surface area contributed by atoms with Crippen LogP contribution in [0, 0.1) is 5.82 Å². The highest BCUT2D eigenvalue weighted by atomic mass is 32.2. The van der Waals surface area contributed by atoms with Gasteiger partial charge in [0.05, 0.1) is 19.2 Å². The van der Waals surface area contributed by atoms with Crippen molar-refractivity contribution < 1.29 is 22.3 Å².